The molecule has 0 fully saturated rings. The Morgan fingerprint density at radius 1 is 0.807 bits per heavy atom. The molecular formula is C48H56O9. The number of Topliss-reactive ketones (excluding diaryl/α,β-unsaturated/α-hetero) is 1. The molecule has 0 heterocycles. The lowest BCUT2D eigenvalue weighted by atomic mass is 9.56. The monoisotopic (exact) mass is 776 g/mol. The van der Waals surface area contributed by atoms with Crippen molar-refractivity contribution in [3.63, 3.8) is 0 Å². The zero-order chi connectivity index (χ0) is 41.6. The van der Waals surface area contributed by atoms with E-state index >= 15 is 0 Å². The van der Waals surface area contributed by atoms with Gasteiger partial charge in [0.2, 0.25) is 0 Å². The van der Waals surface area contributed by atoms with Gasteiger partial charge in [0.25, 0.3) is 0 Å². The van der Waals surface area contributed by atoms with Crippen LogP contribution in [-0.2, 0) is 39.9 Å². The lowest BCUT2D eigenvalue weighted by molar-refractivity contribution is -0.144. The van der Waals surface area contributed by atoms with Gasteiger partial charge in [0.1, 0.15) is 23.9 Å². The zero-order valence-electron chi connectivity index (χ0n) is 34.5. The molecule has 0 radical (unpaired) electrons. The maximum atomic E-state index is 14.3. The fourth-order valence-electron chi connectivity index (χ4n) is 9.10. The molecule has 6 bridgehead atoms. The van der Waals surface area contributed by atoms with Gasteiger partial charge in [-0.1, -0.05) is 52.7 Å². The van der Waals surface area contributed by atoms with Crippen molar-refractivity contribution in [1.82, 2.24) is 0 Å². The van der Waals surface area contributed by atoms with Gasteiger partial charge in [-0.3, -0.25) is 24.0 Å². The summed E-state index contributed by atoms with van der Waals surface area (Å²) < 4.78 is 17.3. The number of esters is 3. The van der Waals surface area contributed by atoms with E-state index in [1.165, 1.54) is 38.5 Å². The summed E-state index contributed by atoms with van der Waals surface area (Å²) in [6.45, 7) is 16.0. The van der Waals surface area contributed by atoms with Crippen LogP contribution in [0.4, 0.5) is 0 Å². The Morgan fingerprint density at radius 3 is 2.18 bits per heavy atom. The molecule has 0 spiro atoms. The van der Waals surface area contributed by atoms with E-state index in [0.29, 0.717) is 73.6 Å². The largest absolute Gasteiger partial charge is 0.453 e. The van der Waals surface area contributed by atoms with E-state index in [9.17, 15) is 28.8 Å². The molecule has 0 N–H and O–H groups in total. The number of ketones is 2. The average Bonchev–Trinajstić information content (AvgIpc) is 3.10. The van der Waals surface area contributed by atoms with Crippen LogP contribution in [0.15, 0.2) is 94.2 Å². The first-order valence-electron chi connectivity index (χ1n) is 20.0. The van der Waals surface area contributed by atoms with Gasteiger partial charge in [0, 0.05) is 54.4 Å². The average molecular weight is 777 g/mol. The first kappa shape index (κ1) is 43.0. The van der Waals surface area contributed by atoms with Crippen LogP contribution in [0.3, 0.4) is 0 Å². The molecule has 6 rings (SSSR count). The molecule has 57 heavy (non-hydrogen) atoms. The van der Waals surface area contributed by atoms with Crippen LogP contribution in [0.2, 0.25) is 0 Å². The number of rotatable bonds is 5. The van der Waals surface area contributed by atoms with E-state index in [1.807, 2.05) is 20.8 Å². The van der Waals surface area contributed by atoms with Crippen LogP contribution < -0.4 is 9.47 Å². The number of carbonyl (C=O) groups is 6. The molecule has 0 amide bonds. The Hall–Kier alpha value is -5.18. The molecule has 5 aliphatic rings. The molecule has 9 nitrogen and oxygen atoms in total. The quantitative estimate of drug-likeness (QED) is 0.0944. The summed E-state index contributed by atoms with van der Waals surface area (Å²) in [6, 6.07) is 3.25. The second-order valence-corrected chi connectivity index (χ2v) is 16.5. The molecule has 0 saturated heterocycles. The maximum Gasteiger partial charge on any atom is 0.308 e. The molecule has 1 aromatic carbocycles. The predicted molar refractivity (Wildman–Crippen MR) is 218 cm³/mol. The lowest BCUT2D eigenvalue weighted by Gasteiger charge is -2.46. The van der Waals surface area contributed by atoms with Crippen LogP contribution in [0, 0.1) is 23.2 Å². The Balaban J connectivity index is 1.68. The molecule has 2 unspecified atom stereocenters. The summed E-state index contributed by atoms with van der Waals surface area (Å²) >= 11 is 0. The summed E-state index contributed by atoms with van der Waals surface area (Å²) in [4.78, 5) is 78.8. The number of allylic oxidation sites excluding steroid dienone is 12. The van der Waals surface area contributed by atoms with E-state index in [-0.39, 0.29) is 47.2 Å². The standard InChI is InChI=1S/C48H56O9/c1-28(2)41-15-14-29(3)12-10-16-48(27-49)38-18-31(5)19-45(56-33(7)51)43-26-44(55-32(6)50)36(24-46(43)57-34(8)52)17-30(4)11-9-13-35(20-38)21-39(48)22-37-23-40(53)25-42(41)47(37)54/h11-12,19-20,23-27,38-39,41,45H,1,9-10,13-18,21-22H2,2-8H3/b29-12+,30-11-,31-19+/t38-,39?,41?,45+,48-/m1/s1. The van der Waals surface area contributed by atoms with Crippen LogP contribution >= 0.6 is 0 Å². The van der Waals surface area contributed by atoms with Gasteiger partial charge in [-0.2, -0.15) is 0 Å². The number of aldehydes is 1. The normalized spacial score (nSPS) is 28.6. The Bertz CT molecular complexity index is 2050. The SMILES string of the molecule is C=C(C)C1CC/C(C)=C/CC[C@]2(C=O)C(CC3=C[C@H]2C/C(C)=C/[C@H](OC(C)=O)c2cc(OC(C)=O)c(cc2OC(C)=O)C/C(C)=C\CC3)CC2=CC(=O)C=C1C2=O. The van der Waals surface area contributed by atoms with Crippen molar-refractivity contribution < 1.29 is 43.0 Å². The van der Waals surface area contributed by atoms with Gasteiger partial charge < -0.3 is 19.0 Å². The zero-order valence-corrected chi connectivity index (χ0v) is 34.5. The number of hydrogen-bond acceptors (Lipinski definition) is 9. The second kappa shape index (κ2) is 18.4. The van der Waals surface area contributed by atoms with Crippen molar-refractivity contribution >= 4 is 35.8 Å². The smallest absolute Gasteiger partial charge is 0.308 e. The maximum absolute atomic E-state index is 14.3. The van der Waals surface area contributed by atoms with Gasteiger partial charge in [-0.25, -0.2) is 0 Å². The third kappa shape index (κ3) is 10.4. The number of ether oxygens (including phenoxy) is 3. The molecule has 1 aromatic rings. The van der Waals surface area contributed by atoms with Crippen molar-refractivity contribution in [1.29, 1.82) is 0 Å². The fraction of sp³-hybridized carbons (Fsp3) is 0.458. The van der Waals surface area contributed by atoms with Crippen LogP contribution in [0.25, 0.3) is 0 Å². The predicted octanol–water partition coefficient (Wildman–Crippen LogP) is 9.62. The molecule has 5 atom stereocenters. The summed E-state index contributed by atoms with van der Waals surface area (Å²) in [5, 5.41) is 0. The van der Waals surface area contributed by atoms with Gasteiger partial charge in [0.15, 0.2) is 11.6 Å². The van der Waals surface area contributed by atoms with Gasteiger partial charge in [0.05, 0.1) is 0 Å². The van der Waals surface area contributed by atoms with E-state index in [2.05, 4.69) is 31.7 Å². The summed E-state index contributed by atoms with van der Waals surface area (Å²) in [5.74, 6) is -2.41. The summed E-state index contributed by atoms with van der Waals surface area (Å²) in [7, 11) is 0. The molecule has 0 aliphatic heterocycles. The molecule has 9 heteroatoms. The minimum atomic E-state index is -1.03. The lowest BCUT2D eigenvalue weighted by Crippen LogP contribution is -2.43. The number of carbonyl (C=O) groups excluding carboxylic acids is 6. The minimum absolute atomic E-state index is 0.147. The highest BCUT2D eigenvalue weighted by molar-refractivity contribution is 6.20. The van der Waals surface area contributed by atoms with Crippen molar-refractivity contribution in [2.24, 2.45) is 23.2 Å². The topological polar surface area (TPSA) is 130 Å². The molecule has 0 aromatic heterocycles. The fourth-order valence-corrected chi connectivity index (χ4v) is 9.10. The Kier molecular flexibility index (Phi) is 13.9. The first-order valence-corrected chi connectivity index (χ1v) is 20.0. The number of hydrogen-bond donors (Lipinski definition) is 0. The second-order valence-electron chi connectivity index (χ2n) is 16.5. The van der Waals surface area contributed by atoms with E-state index in [1.54, 1.807) is 18.2 Å². The van der Waals surface area contributed by atoms with Gasteiger partial charge in [-0.05, 0) is 134 Å². The van der Waals surface area contributed by atoms with Crippen molar-refractivity contribution in [3.05, 3.63) is 105 Å². The van der Waals surface area contributed by atoms with Crippen LogP contribution in [0.5, 0.6) is 11.5 Å². The third-order valence-electron chi connectivity index (χ3n) is 11.8. The Labute approximate surface area is 336 Å². The summed E-state index contributed by atoms with van der Waals surface area (Å²) in [6.07, 6.45) is 17.0. The molecule has 302 valence electrons. The van der Waals surface area contributed by atoms with Crippen molar-refractivity contribution in [3.8, 4) is 11.5 Å². The Morgan fingerprint density at radius 2 is 1.51 bits per heavy atom. The number of fused-ring (bicyclic) bond motifs is 10. The summed E-state index contributed by atoms with van der Waals surface area (Å²) in [5.41, 5.74) is 5.93. The highest BCUT2D eigenvalue weighted by Gasteiger charge is 2.48. The van der Waals surface area contributed by atoms with Gasteiger partial charge >= 0.3 is 17.9 Å². The molecule has 5 aliphatic carbocycles. The van der Waals surface area contributed by atoms with Crippen LogP contribution in [-0.4, -0.2) is 35.8 Å². The van der Waals surface area contributed by atoms with Crippen LogP contribution in [0.1, 0.15) is 123 Å². The van der Waals surface area contributed by atoms with E-state index < -0.39 is 29.4 Å². The molecular weight excluding hydrogens is 721 g/mol. The van der Waals surface area contributed by atoms with Crippen molar-refractivity contribution in [2.45, 2.75) is 119 Å². The highest BCUT2D eigenvalue weighted by Crippen LogP contribution is 2.53. The number of benzene rings is 1. The van der Waals surface area contributed by atoms with E-state index in [4.69, 9.17) is 14.2 Å². The van der Waals surface area contributed by atoms with E-state index in [0.717, 1.165) is 35.0 Å². The molecule has 0 saturated carbocycles. The highest BCUT2D eigenvalue weighted by atomic mass is 16.6. The van der Waals surface area contributed by atoms with Crippen molar-refractivity contribution in [2.75, 3.05) is 0 Å². The third-order valence-corrected chi connectivity index (χ3v) is 11.8. The minimum Gasteiger partial charge on any atom is -0.453 e. The first-order chi connectivity index (χ1) is 27.0. The van der Waals surface area contributed by atoms with Gasteiger partial charge in [-0.15, -0.1) is 0 Å².